The molecule has 0 amide bonds. The van der Waals surface area contributed by atoms with Crippen LogP contribution in [-0.2, 0) is 14.3 Å². The molecular weight excluding hydrogens is 144 g/mol. The molecule has 3 heteroatoms. The van der Waals surface area contributed by atoms with Crippen LogP contribution < -0.4 is 0 Å². The highest BCUT2D eigenvalue weighted by Crippen LogP contribution is 2.08. The van der Waals surface area contributed by atoms with Gasteiger partial charge in [0.1, 0.15) is 12.7 Å². The van der Waals surface area contributed by atoms with Crippen LogP contribution in [0.3, 0.4) is 0 Å². The molecule has 0 aliphatic carbocycles. The Balaban J connectivity index is 2.00. The van der Waals surface area contributed by atoms with Crippen LogP contribution in [0, 0.1) is 0 Å². The molecule has 0 bridgehead atoms. The normalized spacial score (nSPS) is 22.1. The third kappa shape index (κ3) is 3.78. The minimum absolute atomic E-state index is 0.171. The van der Waals surface area contributed by atoms with E-state index in [0.29, 0.717) is 13.0 Å². The molecule has 1 rings (SSSR count). The van der Waals surface area contributed by atoms with Crippen molar-refractivity contribution in [1.29, 1.82) is 0 Å². The number of carbonyl (C=O) groups is 1. The molecular formula is C8H12O3. The zero-order valence-corrected chi connectivity index (χ0v) is 6.58. The zero-order valence-electron chi connectivity index (χ0n) is 6.58. The molecule has 0 radical (unpaired) electrons. The van der Waals surface area contributed by atoms with Crippen molar-refractivity contribution in [2.24, 2.45) is 0 Å². The van der Waals surface area contributed by atoms with E-state index in [1.54, 1.807) is 6.08 Å². The highest BCUT2D eigenvalue weighted by Gasteiger charge is 2.23. The smallest absolute Gasteiger partial charge is 0.309 e. The maximum Gasteiger partial charge on any atom is 0.309 e. The third-order valence-corrected chi connectivity index (χ3v) is 1.35. The largest absolute Gasteiger partial charge is 0.463 e. The van der Waals surface area contributed by atoms with Crippen LogP contribution in [0.2, 0.25) is 0 Å². The number of hydrogen-bond donors (Lipinski definition) is 0. The van der Waals surface area contributed by atoms with Gasteiger partial charge in [-0.05, 0) is 6.92 Å². The SMILES string of the molecule is C/C=C/CC(=O)OCC1CO1. The first-order valence-corrected chi connectivity index (χ1v) is 3.71. The zero-order chi connectivity index (χ0) is 8.10. The van der Waals surface area contributed by atoms with Crippen molar-refractivity contribution < 1.29 is 14.3 Å². The van der Waals surface area contributed by atoms with Crippen molar-refractivity contribution >= 4 is 5.97 Å². The van der Waals surface area contributed by atoms with Crippen molar-refractivity contribution in [3.63, 3.8) is 0 Å². The molecule has 62 valence electrons. The van der Waals surface area contributed by atoms with Crippen molar-refractivity contribution in [2.75, 3.05) is 13.2 Å². The Morgan fingerprint density at radius 2 is 2.55 bits per heavy atom. The molecule has 1 atom stereocenters. The Morgan fingerprint density at radius 1 is 1.82 bits per heavy atom. The molecule has 1 aliphatic heterocycles. The van der Waals surface area contributed by atoms with E-state index in [4.69, 9.17) is 9.47 Å². The molecule has 1 saturated heterocycles. The van der Waals surface area contributed by atoms with E-state index in [9.17, 15) is 4.79 Å². The predicted molar refractivity (Wildman–Crippen MR) is 40.1 cm³/mol. The molecule has 0 saturated carbocycles. The summed E-state index contributed by atoms with van der Waals surface area (Å²) in [5, 5.41) is 0. The Kier molecular flexibility index (Phi) is 3.11. The standard InChI is InChI=1S/C8H12O3/c1-2-3-4-8(9)11-6-7-5-10-7/h2-3,7H,4-6H2,1H3/b3-2+. The van der Waals surface area contributed by atoms with Crippen LogP contribution in [0.15, 0.2) is 12.2 Å². The third-order valence-electron chi connectivity index (χ3n) is 1.35. The predicted octanol–water partition coefficient (Wildman–Crippen LogP) is 0.895. The Hall–Kier alpha value is -0.830. The summed E-state index contributed by atoms with van der Waals surface area (Å²) >= 11 is 0. The average Bonchev–Trinajstić information content (AvgIpc) is 2.80. The Labute approximate surface area is 66.0 Å². The summed E-state index contributed by atoms with van der Waals surface area (Å²) < 4.78 is 9.72. The van der Waals surface area contributed by atoms with E-state index in [1.165, 1.54) is 0 Å². The van der Waals surface area contributed by atoms with Crippen molar-refractivity contribution in [1.82, 2.24) is 0 Å². The quantitative estimate of drug-likeness (QED) is 0.345. The lowest BCUT2D eigenvalue weighted by atomic mass is 10.4. The van der Waals surface area contributed by atoms with Crippen LogP contribution in [-0.4, -0.2) is 25.3 Å². The van der Waals surface area contributed by atoms with Gasteiger partial charge in [-0.2, -0.15) is 0 Å². The fourth-order valence-corrected chi connectivity index (χ4v) is 0.623. The molecule has 0 aromatic carbocycles. The first-order valence-electron chi connectivity index (χ1n) is 3.71. The number of hydrogen-bond acceptors (Lipinski definition) is 3. The molecule has 1 unspecified atom stereocenters. The summed E-state index contributed by atoms with van der Waals surface area (Å²) in [7, 11) is 0. The Bertz CT molecular complexity index is 159. The monoisotopic (exact) mass is 156 g/mol. The van der Waals surface area contributed by atoms with Gasteiger partial charge >= 0.3 is 5.97 Å². The van der Waals surface area contributed by atoms with E-state index in [0.717, 1.165) is 6.61 Å². The van der Waals surface area contributed by atoms with Crippen LogP contribution in [0.5, 0.6) is 0 Å². The van der Waals surface area contributed by atoms with E-state index in [1.807, 2.05) is 13.0 Å². The maximum absolute atomic E-state index is 10.8. The minimum atomic E-state index is -0.182. The Morgan fingerprint density at radius 3 is 3.09 bits per heavy atom. The lowest BCUT2D eigenvalue weighted by Crippen LogP contribution is -2.08. The van der Waals surface area contributed by atoms with Gasteiger partial charge in [0.2, 0.25) is 0 Å². The van der Waals surface area contributed by atoms with Crippen LogP contribution in [0.1, 0.15) is 13.3 Å². The van der Waals surface area contributed by atoms with Crippen LogP contribution in [0.4, 0.5) is 0 Å². The second-order valence-corrected chi connectivity index (χ2v) is 2.41. The van der Waals surface area contributed by atoms with E-state index >= 15 is 0 Å². The van der Waals surface area contributed by atoms with Crippen molar-refractivity contribution in [3.8, 4) is 0 Å². The lowest BCUT2D eigenvalue weighted by molar-refractivity contribution is -0.143. The summed E-state index contributed by atoms with van der Waals surface area (Å²) in [6.07, 6.45) is 4.14. The van der Waals surface area contributed by atoms with Crippen molar-refractivity contribution in [3.05, 3.63) is 12.2 Å². The van der Waals surface area contributed by atoms with E-state index in [2.05, 4.69) is 0 Å². The van der Waals surface area contributed by atoms with Crippen LogP contribution >= 0.6 is 0 Å². The second-order valence-electron chi connectivity index (χ2n) is 2.41. The molecule has 0 aromatic rings. The fraction of sp³-hybridized carbons (Fsp3) is 0.625. The first-order chi connectivity index (χ1) is 5.33. The number of rotatable bonds is 4. The van der Waals surface area contributed by atoms with Gasteiger partial charge in [-0.25, -0.2) is 0 Å². The van der Waals surface area contributed by atoms with Gasteiger partial charge in [0.15, 0.2) is 0 Å². The molecule has 1 heterocycles. The van der Waals surface area contributed by atoms with Gasteiger partial charge in [-0.1, -0.05) is 12.2 Å². The minimum Gasteiger partial charge on any atom is -0.463 e. The number of esters is 1. The topological polar surface area (TPSA) is 38.8 Å². The number of ether oxygens (including phenoxy) is 2. The molecule has 1 fully saturated rings. The molecule has 0 N–H and O–H groups in total. The van der Waals surface area contributed by atoms with Gasteiger partial charge in [0, 0.05) is 0 Å². The van der Waals surface area contributed by atoms with Gasteiger partial charge in [-0.15, -0.1) is 0 Å². The molecule has 0 spiro atoms. The summed E-state index contributed by atoms with van der Waals surface area (Å²) in [6, 6.07) is 0. The molecule has 3 nitrogen and oxygen atoms in total. The van der Waals surface area contributed by atoms with E-state index < -0.39 is 0 Å². The number of epoxide rings is 1. The maximum atomic E-state index is 10.8. The van der Waals surface area contributed by atoms with Crippen LogP contribution in [0.25, 0.3) is 0 Å². The number of allylic oxidation sites excluding steroid dienone is 1. The molecule has 1 aliphatic rings. The summed E-state index contributed by atoms with van der Waals surface area (Å²) in [5.41, 5.74) is 0. The summed E-state index contributed by atoms with van der Waals surface area (Å²) in [4.78, 5) is 10.8. The first kappa shape index (κ1) is 8.27. The van der Waals surface area contributed by atoms with Crippen molar-refractivity contribution in [2.45, 2.75) is 19.4 Å². The molecule has 11 heavy (non-hydrogen) atoms. The van der Waals surface area contributed by atoms with Gasteiger partial charge in [0.25, 0.3) is 0 Å². The summed E-state index contributed by atoms with van der Waals surface area (Å²) in [6.45, 7) is 3.02. The average molecular weight is 156 g/mol. The molecule has 0 aromatic heterocycles. The second kappa shape index (κ2) is 4.13. The fourth-order valence-electron chi connectivity index (χ4n) is 0.623. The summed E-state index contributed by atoms with van der Waals surface area (Å²) in [5.74, 6) is -0.182. The van der Waals surface area contributed by atoms with Gasteiger partial charge in [0.05, 0.1) is 13.0 Å². The van der Waals surface area contributed by atoms with Gasteiger partial charge < -0.3 is 9.47 Å². The highest BCUT2D eigenvalue weighted by atomic mass is 16.6. The highest BCUT2D eigenvalue weighted by molar-refractivity contribution is 5.71. The van der Waals surface area contributed by atoms with Gasteiger partial charge in [-0.3, -0.25) is 4.79 Å². The lowest BCUT2D eigenvalue weighted by Gasteiger charge is -1.98. The number of carbonyl (C=O) groups excluding carboxylic acids is 1. The van der Waals surface area contributed by atoms with E-state index in [-0.39, 0.29) is 12.1 Å².